The van der Waals surface area contributed by atoms with Crippen molar-refractivity contribution in [1.29, 1.82) is 0 Å². The lowest BCUT2D eigenvalue weighted by molar-refractivity contribution is -0.384. The van der Waals surface area contributed by atoms with Crippen molar-refractivity contribution in [2.24, 2.45) is 5.84 Å². The molecule has 0 saturated heterocycles. The van der Waals surface area contributed by atoms with E-state index in [0.717, 1.165) is 17.7 Å². The molecule has 0 aromatic heterocycles. The molecule has 0 aliphatic rings. The lowest BCUT2D eigenvalue weighted by Crippen LogP contribution is -2.09. The first-order valence-electron chi connectivity index (χ1n) is 5.55. The van der Waals surface area contributed by atoms with E-state index in [9.17, 15) is 10.1 Å². The van der Waals surface area contributed by atoms with Gasteiger partial charge in [0.15, 0.2) is 0 Å². The van der Waals surface area contributed by atoms with Crippen LogP contribution in [0.2, 0.25) is 0 Å². The predicted molar refractivity (Wildman–Crippen MR) is 73.4 cm³/mol. The maximum atomic E-state index is 10.7. The van der Waals surface area contributed by atoms with E-state index >= 15 is 0 Å². The first-order chi connectivity index (χ1) is 8.58. The first-order valence-corrected chi connectivity index (χ1v) is 6.59. The molecule has 0 amide bonds. The van der Waals surface area contributed by atoms with Crippen molar-refractivity contribution < 1.29 is 10.0 Å². The molecule has 0 heterocycles. The number of rotatable bonds is 7. The quantitative estimate of drug-likeness (QED) is 0.397. The Hall–Kier alpha value is -1.31. The van der Waals surface area contributed by atoms with Gasteiger partial charge in [-0.1, -0.05) is 13.0 Å². The summed E-state index contributed by atoms with van der Waals surface area (Å²) in [5.41, 5.74) is 3.58. The summed E-state index contributed by atoms with van der Waals surface area (Å²) in [7, 11) is 0. The number of aliphatic hydroxyl groups is 1. The molecule has 1 aromatic rings. The Morgan fingerprint density at radius 2 is 2.33 bits per heavy atom. The van der Waals surface area contributed by atoms with Crippen molar-refractivity contribution in [3.05, 3.63) is 33.9 Å². The number of nitrogens with two attached hydrogens (primary N) is 1. The van der Waals surface area contributed by atoms with Gasteiger partial charge in [-0.15, -0.1) is 0 Å². The van der Waals surface area contributed by atoms with Crippen molar-refractivity contribution >= 4 is 23.1 Å². The van der Waals surface area contributed by atoms with Crippen molar-refractivity contribution in [2.75, 3.05) is 12.0 Å². The van der Waals surface area contributed by atoms with Crippen LogP contribution in [0.15, 0.2) is 18.2 Å². The number of nitrogens with one attached hydrogen (secondary N) is 1. The molecule has 0 spiro atoms. The van der Waals surface area contributed by atoms with Gasteiger partial charge in [-0.3, -0.25) is 16.0 Å². The van der Waals surface area contributed by atoms with E-state index in [1.54, 1.807) is 23.9 Å². The van der Waals surface area contributed by atoms with Gasteiger partial charge < -0.3 is 10.5 Å². The average Bonchev–Trinajstić information content (AvgIpc) is 2.36. The molecule has 100 valence electrons. The Balaban J connectivity index is 2.71. The number of thioether (sulfide) groups is 1. The zero-order chi connectivity index (χ0) is 13.5. The van der Waals surface area contributed by atoms with Gasteiger partial charge in [-0.2, -0.15) is 11.8 Å². The molecule has 0 saturated carbocycles. The Labute approximate surface area is 110 Å². The molecule has 1 aromatic carbocycles. The van der Waals surface area contributed by atoms with Gasteiger partial charge in [0.25, 0.3) is 5.69 Å². The van der Waals surface area contributed by atoms with E-state index < -0.39 is 4.92 Å². The summed E-state index contributed by atoms with van der Waals surface area (Å²) >= 11 is 1.69. The van der Waals surface area contributed by atoms with E-state index in [4.69, 9.17) is 10.9 Å². The zero-order valence-electron chi connectivity index (χ0n) is 10.1. The van der Waals surface area contributed by atoms with Gasteiger partial charge >= 0.3 is 0 Å². The fourth-order valence-electron chi connectivity index (χ4n) is 1.45. The Kier molecular flexibility index (Phi) is 5.90. The molecule has 0 fully saturated rings. The first kappa shape index (κ1) is 14.7. The number of aliphatic hydroxyl groups excluding tert-OH is 1. The summed E-state index contributed by atoms with van der Waals surface area (Å²) < 4.78 is 0. The van der Waals surface area contributed by atoms with Gasteiger partial charge in [0.1, 0.15) is 5.69 Å². The monoisotopic (exact) mass is 271 g/mol. The third-order valence-corrected chi connectivity index (χ3v) is 3.79. The molecule has 0 aliphatic heterocycles. The van der Waals surface area contributed by atoms with E-state index in [0.29, 0.717) is 10.9 Å². The fourth-order valence-corrected chi connectivity index (χ4v) is 2.38. The van der Waals surface area contributed by atoms with E-state index in [1.165, 1.54) is 6.07 Å². The molecule has 0 aliphatic carbocycles. The smallest absolute Gasteiger partial charge is 0.293 e. The summed E-state index contributed by atoms with van der Waals surface area (Å²) in [5, 5.41) is 19.9. The molecule has 1 rings (SSSR count). The van der Waals surface area contributed by atoms with Crippen LogP contribution in [-0.2, 0) is 5.75 Å². The molecule has 0 bridgehead atoms. The SMILES string of the molecule is CC(CCO)SCc1ccc([N+](=O)[O-])c(NN)c1. The number of hydrogen-bond donors (Lipinski definition) is 3. The van der Waals surface area contributed by atoms with Crippen LogP contribution in [0.3, 0.4) is 0 Å². The van der Waals surface area contributed by atoms with Crippen LogP contribution in [-0.4, -0.2) is 21.9 Å². The highest BCUT2D eigenvalue weighted by Gasteiger charge is 2.13. The van der Waals surface area contributed by atoms with Crippen molar-refractivity contribution in [2.45, 2.75) is 24.3 Å². The Morgan fingerprint density at radius 1 is 1.61 bits per heavy atom. The second-order valence-electron chi connectivity index (χ2n) is 3.89. The minimum absolute atomic E-state index is 0.0327. The van der Waals surface area contributed by atoms with Crippen molar-refractivity contribution in [1.82, 2.24) is 0 Å². The lowest BCUT2D eigenvalue weighted by atomic mass is 10.2. The third kappa shape index (κ3) is 4.17. The van der Waals surface area contributed by atoms with Crippen LogP contribution in [0.25, 0.3) is 0 Å². The minimum Gasteiger partial charge on any atom is -0.396 e. The molecule has 18 heavy (non-hydrogen) atoms. The van der Waals surface area contributed by atoms with Crippen molar-refractivity contribution in [3.8, 4) is 0 Å². The molecule has 1 atom stereocenters. The summed E-state index contributed by atoms with van der Waals surface area (Å²) in [6.07, 6.45) is 0.736. The van der Waals surface area contributed by atoms with Gasteiger partial charge in [-0.25, -0.2) is 0 Å². The normalized spacial score (nSPS) is 12.2. The van der Waals surface area contributed by atoms with Crippen LogP contribution < -0.4 is 11.3 Å². The third-order valence-electron chi connectivity index (χ3n) is 2.48. The lowest BCUT2D eigenvalue weighted by Gasteiger charge is -2.10. The van der Waals surface area contributed by atoms with Crippen LogP contribution in [0.5, 0.6) is 0 Å². The maximum absolute atomic E-state index is 10.7. The second kappa shape index (κ2) is 7.20. The van der Waals surface area contributed by atoms with Crippen LogP contribution in [0.4, 0.5) is 11.4 Å². The largest absolute Gasteiger partial charge is 0.396 e. The molecule has 4 N–H and O–H groups in total. The number of hydrogen-bond acceptors (Lipinski definition) is 6. The number of nitrogens with zero attached hydrogens (tertiary/aromatic N) is 1. The van der Waals surface area contributed by atoms with Gasteiger partial charge in [0, 0.05) is 23.7 Å². The van der Waals surface area contributed by atoms with Crippen molar-refractivity contribution in [3.63, 3.8) is 0 Å². The molecular weight excluding hydrogens is 254 g/mol. The van der Waals surface area contributed by atoms with Crippen LogP contribution >= 0.6 is 11.8 Å². The number of benzene rings is 1. The van der Waals surface area contributed by atoms with Gasteiger partial charge in [-0.05, 0) is 18.1 Å². The zero-order valence-corrected chi connectivity index (χ0v) is 10.9. The van der Waals surface area contributed by atoms with E-state index in [-0.39, 0.29) is 12.3 Å². The molecule has 7 heteroatoms. The number of nitro groups is 1. The van der Waals surface area contributed by atoms with Crippen LogP contribution in [0, 0.1) is 10.1 Å². The van der Waals surface area contributed by atoms with E-state index in [2.05, 4.69) is 5.43 Å². The average molecular weight is 271 g/mol. The minimum atomic E-state index is -0.472. The molecule has 1 unspecified atom stereocenters. The molecule has 0 radical (unpaired) electrons. The topological polar surface area (TPSA) is 101 Å². The van der Waals surface area contributed by atoms with Gasteiger partial charge in [0.2, 0.25) is 0 Å². The fraction of sp³-hybridized carbons (Fsp3) is 0.455. The number of hydrazine groups is 1. The predicted octanol–water partition coefficient (Wildman–Crippen LogP) is 1.88. The van der Waals surface area contributed by atoms with Gasteiger partial charge in [0.05, 0.1) is 4.92 Å². The summed E-state index contributed by atoms with van der Waals surface area (Å²) in [4.78, 5) is 10.2. The standard InChI is InChI=1S/C11H17N3O3S/c1-8(4-5-15)18-7-9-2-3-11(14(16)17)10(6-9)13-12/h2-3,6,8,13,15H,4-5,7,12H2,1H3. The second-order valence-corrected chi connectivity index (χ2v) is 5.31. The van der Waals surface area contributed by atoms with Crippen LogP contribution in [0.1, 0.15) is 18.9 Å². The molecular formula is C11H17N3O3S. The molecule has 6 nitrogen and oxygen atoms in total. The Morgan fingerprint density at radius 3 is 2.89 bits per heavy atom. The Bertz CT molecular complexity index is 415. The summed E-state index contributed by atoms with van der Waals surface area (Å²) in [6.45, 7) is 2.21. The highest BCUT2D eigenvalue weighted by atomic mass is 32.2. The number of nitrogen functional groups attached to an aromatic ring is 1. The highest BCUT2D eigenvalue weighted by molar-refractivity contribution is 7.99. The summed E-state index contributed by atoms with van der Waals surface area (Å²) in [6, 6.07) is 4.84. The summed E-state index contributed by atoms with van der Waals surface area (Å²) in [5.74, 6) is 6.00. The highest BCUT2D eigenvalue weighted by Crippen LogP contribution is 2.27. The van der Waals surface area contributed by atoms with E-state index in [1.807, 2.05) is 6.92 Å². The number of anilines is 1. The number of nitro benzene ring substituents is 1. The maximum Gasteiger partial charge on any atom is 0.293 e.